The lowest BCUT2D eigenvalue weighted by Gasteiger charge is -2.13. The van der Waals surface area contributed by atoms with Crippen LogP contribution in [0.3, 0.4) is 0 Å². The lowest BCUT2D eigenvalue weighted by molar-refractivity contribution is 0.178. The van der Waals surface area contributed by atoms with E-state index in [-0.39, 0.29) is 6.10 Å². The van der Waals surface area contributed by atoms with Crippen LogP contribution in [0.5, 0.6) is 0 Å². The molecule has 1 heterocycles. The molecule has 25 heavy (non-hydrogen) atoms. The van der Waals surface area contributed by atoms with E-state index < -0.39 is 0 Å². The predicted molar refractivity (Wildman–Crippen MR) is 100 cm³/mol. The highest BCUT2D eigenvalue weighted by Crippen LogP contribution is 2.39. The molecule has 3 N–H and O–H groups in total. The second-order valence-corrected chi connectivity index (χ2v) is 6.93. The van der Waals surface area contributed by atoms with Gasteiger partial charge in [0.05, 0.1) is 17.7 Å². The molecule has 4 heteroatoms. The fourth-order valence-corrected chi connectivity index (χ4v) is 3.97. The molecule has 0 saturated heterocycles. The van der Waals surface area contributed by atoms with Crippen LogP contribution in [0, 0.1) is 18.3 Å². The van der Waals surface area contributed by atoms with Crippen molar-refractivity contribution in [2.45, 2.75) is 38.3 Å². The third kappa shape index (κ3) is 2.57. The highest BCUT2D eigenvalue weighted by molar-refractivity contribution is 5.98. The molecule has 0 aliphatic heterocycles. The number of rotatable bonds is 2. The van der Waals surface area contributed by atoms with Gasteiger partial charge in [-0.05, 0) is 61.6 Å². The molecule has 0 amide bonds. The fourth-order valence-electron chi connectivity index (χ4n) is 3.97. The van der Waals surface area contributed by atoms with E-state index in [1.807, 2.05) is 37.3 Å². The average Bonchev–Trinajstić information content (AvgIpc) is 3.20. The molecule has 126 valence electrons. The van der Waals surface area contributed by atoms with Gasteiger partial charge in [-0.25, -0.2) is 0 Å². The number of nitrogens with zero attached hydrogens (tertiary/aromatic N) is 2. The Balaban J connectivity index is 1.97. The number of fused-ring (bicyclic) bond motifs is 1. The van der Waals surface area contributed by atoms with Crippen molar-refractivity contribution in [3.8, 4) is 17.2 Å². The maximum Gasteiger partial charge on any atom is 0.0991 e. The molecule has 0 bridgehead atoms. The molecule has 2 atom stereocenters. The van der Waals surface area contributed by atoms with Crippen LogP contribution >= 0.6 is 0 Å². The molecule has 1 aliphatic carbocycles. The van der Waals surface area contributed by atoms with Crippen LogP contribution in [-0.2, 0) is 0 Å². The number of aliphatic hydroxyl groups excluding tert-OH is 1. The van der Waals surface area contributed by atoms with Crippen molar-refractivity contribution in [2.75, 3.05) is 5.73 Å². The van der Waals surface area contributed by atoms with Crippen LogP contribution in [0.15, 0.2) is 42.6 Å². The summed E-state index contributed by atoms with van der Waals surface area (Å²) in [6, 6.07) is 14.3. The van der Waals surface area contributed by atoms with E-state index in [0.29, 0.717) is 11.6 Å². The van der Waals surface area contributed by atoms with Gasteiger partial charge in [-0.1, -0.05) is 12.1 Å². The number of anilines is 1. The predicted octanol–water partition coefficient (Wildman–Crippen LogP) is 4.16. The first kappa shape index (κ1) is 15.7. The third-order valence-corrected chi connectivity index (χ3v) is 5.40. The van der Waals surface area contributed by atoms with Crippen molar-refractivity contribution < 1.29 is 5.11 Å². The average molecular weight is 331 g/mol. The second-order valence-electron chi connectivity index (χ2n) is 6.93. The molecule has 0 unspecified atom stereocenters. The summed E-state index contributed by atoms with van der Waals surface area (Å²) in [5, 5.41) is 20.3. The van der Waals surface area contributed by atoms with Gasteiger partial charge in [0, 0.05) is 34.4 Å². The zero-order chi connectivity index (χ0) is 17.6. The van der Waals surface area contributed by atoms with Crippen LogP contribution in [0.1, 0.15) is 36.4 Å². The lowest BCUT2D eigenvalue weighted by Crippen LogP contribution is -2.05. The van der Waals surface area contributed by atoms with E-state index in [0.717, 1.165) is 52.5 Å². The molecule has 1 aliphatic rings. The normalized spacial score (nSPS) is 20.0. The van der Waals surface area contributed by atoms with Crippen molar-refractivity contribution in [3.63, 3.8) is 0 Å². The molecule has 1 aromatic heterocycles. The maximum absolute atomic E-state index is 9.95. The van der Waals surface area contributed by atoms with Crippen LogP contribution in [0.4, 0.5) is 5.69 Å². The number of nitriles is 1. The van der Waals surface area contributed by atoms with Crippen LogP contribution in [-0.4, -0.2) is 15.8 Å². The number of nitrogens with two attached hydrogens (primary N) is 1. The second kappa shape index (κ2) is 5.94. The van der Waals surface area contributed by atoms with Gasteiger partial charge in [0.2, 0.25) is 0 Å². The number of benzene rings is 2. The van der Waals surface area contributed by atoms with E-state index in [1.165, 1.54) is 0 Å². The summed E-state index contributed by atoms with van der Waals surface area (Å²) < 4.78 is 2.27. The summed E-state index contributed by atoms with van der Waals surface area (Å²) in [5.74, 6) is 0. The van der Waals surface area contributed by atoms with Gasteiger partial charge in [0.25, 0.3) is 0 Å². The Morgan fingerprint density at radius 1 is 1.20 bits per heavy atom. The quantitative estimate of drug-likeness (QED) is 0.693. The molecule has 1 saturated carbocycles. The van der Waals surface area contributed by atoms with Gasteiger partial charge < -0.3 is 15.4 Å². The Labute approximate surface area is 147 Å². The summed E-state index contributed by atoms with van der Waals surface area (Å²) in [5.41, 5.74) is 11.9. The molecule has 0 spiro atoms. The zero-order valence-corrected chi connectivity index (χ0v) is 14.2. The molecule has 4 rings (SSSR count). The van der Waals surface area contributed by atoms with E-state index in [9.17, 15) is 10.4 Å². The van der Waals surface area contributed by atoms with Crippen molar-refractivity contribution in [1.82, 2.24) is 4.57 Å². The van der Waals surface area contributed by atoms with Gasteiger partial charge in [0.15, 0.2) is 0 Å². The summed E-state index contributed by atoms with van der Waals surface area (Å²) in [7, 11) is 0. The van der Waals surface area contributed by atoms with Crippen LogP contribution < -0.4 is 5.73 Å². The molecule has 3 aromatic rings. The SMILES string of the molecule is Cc1c(N)cccc1-c1cn([C@H]2CC[C@H](O)C2)c2ccc(C#N)cc12. The molecule has 0 radical (unpaired) electrons. The Morgan fingerprint density at radius 2 is 2.04 bits per heavy atom. The number of aromatic nitrogens is 1. The van der Waals surface area contributed by atoms with E-state index in [4.69, 9.17) is 5.73 Å². The Morgan fingerprint density at radius 3 is 2.76 bits per heavy atom. The Kier molecular flexibility index (Phi) is 3.74. The summed E-state index contributed by atoms with van der Waals surface area (Å²) in [6.07, 6.45) is 4.53. The maximum atomic E-state index is 9.95. The molecular weight excluding hydrogens is 310 g/mol. The van der Waals surface area contributed by atoms with Gasteiger partial charge in [-0.2, -0.15) is 5.26 Å². The standard InChI is InChI=1S/C21H21N3O/c1-13-17(3-2-4-20(13)23)19-12-24(15-6-7-16(25)10-15)21-8-5-14(11-22)9-18(19)21/h2-5,8-9,12,15-16,25H,6-7,10,23H2,1H3/t15-,16-/m0/s1. The third-order valence-electron chi connectivity index (χ3n) is 5.40. The molecule has 1 fully saturated rings. The van der Waals surface area contributed by atoms with Crippen LogP contribution in [0.25, 0.3) is 22.0 Å². The number of nitrogen functional groups attached to an aromatic ring is 1. The molecular formula is C21H21N3O. The first-order valence-electron chi connectivity index (χ1n) is 8.66. The van der Waals surface area contributed by atoms with Crippen molar-refractivity contribution >= 4 is 16.6 Å². The lowest BCUT2D eigenvalue weighted by atomic mass is 9.98. The van der Waals surface area contributed by atoms with Gasteiger partial charge in [-0.15, -0.1) is 0 Å². The van der Waals surface area contributed by atoms with Gasteiger partial charge >= 0.3 is 0 Å². The van der Waals surface area contributed by atoms with Crippen LogP contribution in [0.2, 0.25) is 0 Å². The van der Waals surface area contributed by atoms with E-state index in [1.54, 1.807) is 0 Å². The number of hydrogen-bond acceptors (Lipinski definition) is 3. The number of hydrogen-bond donors (Lipinski definition) is 2. The zero-order valence-electron chi connectivity index (χ0n) is 14.2. The molecule has 4 nitrogen and oxygen atoms in total. The summed E-state index contributed by atoms with van der Waals surface area (Å²) in [4.78, 5) is 0. The van der Waals surface area contributed by atoms with Crippen molar-refractivity contribution in [2.24, 2.45) is 0 Å². The first-order chi connectivity index (χ1) is 12.1. The van der Waals surface area contributed by atoms with Crippen molar-refractivity contribution in [3.05, 3.63) is 53.7 Å². The monoisotopic (exact) mass is 331 g/mol. The largest absolute Gasteiger partial charge is 0.398 e. The summed E-state index contributed by atoms with van der Waals surface area (Å²) >= 11 is 0. The topological polar surface area (TPSA) is 75.0 Å². The fraction of sp³-hybridized carbons (Fsp3) is 0.286. The highest BCUT2D eigenvalue weighted by atomic mass is 16.3. The first-order valence-corrected chi connectivity index (χ1v) is 8.66. The molecule has 2 aromatic carbocycles. The highest BCUT2D eigenvalue weighted by Gasteiger charge is 2.26. The Hall–Kier alpha value is -2.77. The van der Waals surface area contributed by atoms with Crippen molar-refractivity contribution in [1.29, 1.82) is 5.26 Å². The minimum absolute atomic E-state index is 0.224. The van der Waals surface area contributed by atoms with Gasteiger partial charge in [0.1, 0.15) is 0 Å². The van der Waals surface area contributed by atoms with E-state index in [2.05, 4.69) is 22.9 Å². The smallest absolute Gasteiger partial charge is 0.0991 e. The summed E-state index contributed by atoms with van der Waals surface area (Å²) in [6.45, 7) is 2.03. The van der Waals surface area contributed by atoms with Gasteiger partial charge in [-0.3, -0.25) is 0 Å². The van der Waals surface area contributed by atoms with E-state index >= 15 is 0 Å². The minimum Gasteiger partial charge on any atom is -0.398 e. The number of aliphatic hydroxyl groups is 1. The minimum atomic E-state index is -0.224. The Bertz CT molecular complexity index is 996.